The van der Waals surface area contributed by atoms with Crippen molar-refractivity contribution in [1.82, 2.24) is 4.90 Å². The van der Waals surface area contributed by atoms with Crippen LogP contribution in [0.4, 0.5) is 0 Å². The third kappa shape index (κ3) is 4.72. The van der Waals surface area contributed by atoms with E-state index >= 15 is 0 Å². The maximum absolute atomic E-state index is 12.7. The number of piperidine rings is 1. The van der Waals surface area contributed by atoms with Gasteiger partial charge in [-0.1, -0.05) is 24.1 Å². The van der Waals surface area contributed by atoms with Crippen LogP contribution in [0.1, 0.15) is 54.5 Å². The van der Waals surface area contributed by atoms with Gasteiger partial charge in [-0.05, 0) is 62.3 Å². The van der Waals surface area contributed by atoms with Crippen molar-refractivity contribution in [2.45, 2.75) is 38.2 Å². The second-order valence-corrected chi connectivity index (χ2v) is 7.28. The van der Waals surface area contributed by atoms with Gasteiger partial charge in [-0.25, -0.2) is 0 Å². The van der Waals surface area contributed by atoms with Crippen LogP contribution >= 0.6 is 0 Å². The van der Waals surface area contributed by atoms with Gasteiger partial charge in [0.05, 0.1) is 7.11 Å². The van der Waals surface area contributed by atoms with Crippen molar-refractivity contribution in [2.75, 3.05) is 20.2 Å². The van der Waals surface area contributed by atoms with E-state index in [1.807, 2.05) is 23.1 Å². The molecule has 2 aromatic rings. The van der Waals surface area contributed by atoms with Gasteiger partial charge < -0.3 is 19.2 Å². The van der Waals surface area contributed by atoms with E-state index in [1.165, 1.54) is 5.56 Å². The van der Waals surface area contributed by atoms with Gasteiger partial charge in [0.1, 0.15) is 11.4 Å². The molecule has 1 aromatic heterocycles. The van der Waals surface area contributed by atoms with Crippen molar-refractivity contribution in [1.29, 1.82) is 0 Å². The number of hydrogen-bond acceptors (Lipinski definition) is 4. The zero-order chi connectivity index (χ0) is 19.4. The van der Waals surface area contributed by atoms with Gasteiger partial charge in [-0.15, -0.1) is 0 Å². The molecule has 0 saturated carbocycles. The summed E-state index contributed by atoms with van der Waals surface area (Å²) in [5, 5.41) is 9.66. The Hall–Kier alpha value is -2.71. The summed E-state index contributed by atoms with van der Waals surface area (Å²) < 4.78 is 11.0. The Balaban J connectivity index is 1.63. The quantitative estimate of drug-likeness (QED) is 0.845. The summed E-state index contributed by atoms with van der Waals surface area (Å²) in [6.45, 7) is 4.54. The zero-order valence-corrected chi connectivity index (χ0v) is 16.0. The van der Waals surface area contributed by atoms with Crippen LogP contribution in [-0.2, 0) is 0 Å². The average molecular weight is 367 g/mol. The van der Waals surface area contributed by atoms with Crippen molar-refractivity contribution in [3.63, 3.8) is 0 Å². The molecular formula is C22H25NO4. The number of furan rings is 1. The molecule has 1 saturated heterocycles. The summed E-state index contributed by atoms with van der Waals surface area (Å²) in [6, 6.07) is 11.4. The number of methoxy groups -OCH3 is 1. The molecule has 1 aromatic carbocycles. The fraction of sp³-hybridized carbons (Fsp3) is 0.409. The first-order valence-corrected chi connectivity index (χ1v) is 9.15. The van der Waals surface area contributed by atoms with Gasteiger partial charge in [0.15, 0.2) is 11.5 Å². The fourth-order valence-corrected chi connectivity index (χ4v) is 3.29. The van der Waals surface area contributed by atoms with E-state index in [1.54, 1.807) is 33.1 Å². The Morgan fingerprint density at radius 2 is 1.93 bits per heavy atom. The molecule has 5 heteroatoms. The molecule has 2 heterocycles. The van der Waals surface area contributed by atoms with E-state index in [2.05, 4.69) is 17.9 Å². The maximum atomic E-state index is 12.7. The van der Waals surface area contributed by atoms with Crippen LogP contribution in [0.5, 0.6) is 5.75 Å². The van der Waals surface area contributed by atoms with Crippen LogP contribution in [0.3, 0.4) is 0 Å². The second-order valence-electron chi connectivity index (χ2n) is 7.28. The maximum Gasteiger partial charge on any atom is 0.289 e. The Morgan fingerprint density at radius 3 is 2.59 bits per heavy atom. The van der Waals surface area contributed by atoms with Gasteiger partial charge in [0.25, 0.3) is 5.91 Å². The van der Waals surface area contributed by atoms with Crippen LogP contribution in [0.25, 0.3) is 0 Å². The number of amides is 1. The molecule has 0 bridgehead atoms. The number of likely N-dealkylation sites (tertiary alicyclic amines) is 1. The van der Waals surface area contributed by atoms with Crippen molar-refractivity contribution in [3.8, 4) is 17.6 Å². The Kier molecular flexibility index (Phi) is 5.57. The minimum atomic E-state index is -1.10. The van der Waals surface area contributed by atoms with Crippen LogP contribution in [0.15, 0.2) is 40.8 Å². The zero-order valence-electron chi connectivity index (χ0n) is 16.0. The van der Waals surface area contributed by atoms with E-state index in [4.69, 9.17) is 9.15 Å². The molecule has 1 aliphatic heterocycles. The van der Waals surface area contributed by atoms with Crippen LogP contribution < -0.4 is 4.74 Å². The summed E-state index contributed by atoms with van der Waals surface area (Å²) in [5.41, 5.74) is 0.103. The lowest BCUT2D eigenvalue weighted by Crippen LogP contribution is -2.37. The van der Waals surface area contributed by atoms with Crippen LogP contribution in [0, 0.1) is 11.8 Å². The van der Waals surface area contributed by atoms with Crippen molar-refractivity contribution in [2.24, 2.45) is 0 Å². The number of rotatable bonds is 3. The number of hydrogen-bond donors (Lipinski definition) is 1. The number of aliphatic hydroxyl groups is 1. The first kappa shape index (κ1) is 19.1. The van der Waals surface area contributed by atoms with Crippen molar-refractivity contribution >= 4 is 5.91 Å². The first-order valence-electron chi connectivity index (χ1n) is 9.15. The molecule has 0 spiro atoms. The SMILES string of the molecule is COc1ccccc1C1CCN(C(=O)c2ccc(C#CC(C)(C)O)o2)CC1. The normalized spacial score (nSPS) is 15.2. The molecule has 5 nitrogen and oxygen atoms in total. The molecule has 1 N–H and O–H groups in total. The Labute approximate surface area is 159 Å². The molecule has 0 unspecified atom stereocenters. The molecule has 142 valence electrons. The predicted octanol–water partition coefficient (Wildman–Crippen LogP) is 3.43. The number of carbonyl (C=O) groups is 1. The number of benzene rings is 1. The molecule has 0 aliphatic carbocycles. The topological polar surface area (TPSA) is 62.9 Å². The highest BCUT2D eigenvalue weighted by molar-refractivity contribution is 5.91. The van der Waals surface area contributed by atoms with E-state index in [0.717, 1.165) is 18.6 Å². The minimum absolute atomic E-state index is 0.121. The predicted molar refractivity (Wildman–Crippen MR) is 103 cm³/mol. The number of nitrogens with zero attached hydrogens (tertiary/aromatic N) is 1. The van der Waals surface area contributed by atoms with Crippen molar-refractivity contribution in [3.05, 3.63) is 53.5 Å². The Morgan fingerprint density at radius 1 is 1.22 bits per heavy atom. The summed E-state index contributed by atoms with van der Waals surface area (Å²) >= 11 is 0. The molecule has 3 rings (SSSR count). The lowest BCUT2D eigenvalue weighted by molar-refractivity contribution is 0.0680. The molecule has 1 amide bonds. The van der Waals surface area contributed by atoms with Gasteiger partial charge in [0, 0.05) is 13.1 Å². The highest BCUT2D eigenvalue weighted by Gasteiger charge is 2.27. The van der Waals surface area contributed by atoms with Crippen molar-refractivity contribution < 1.29 is 19.1 Å². The lowest BCUT2D eigenvalue weighted by atomic mass is 9.88. The minimum Gasteiger partial charge on any atom is -0.496 e. The molecule has 27 heavy (non-hydrogen) atoms. The van der Waals surface area contributed by atoms with Crippen LogP contribution in [-0.4, -0.2) is 41.7 Å². The Bertz CT molecular complexity index is 858. The summed E-state index contributed by atoms with van der Waals surface area (Å²) in [4.78, 5) is 14.5. The first-order chi connectivity index (χ1) is 12.9. The molecule has 1 aliphatic rings. The smallest absolute Gasteiger partial charge is 0.289 e. The van der Waals surface area contributed by atoms with E-state index in [0.29, 0.717) is 24.8 Å². The number of para-hydroxylation sites is 1. The van der Waals surface area contributed by atoms with Gasteiger partial charge in [-0.3, -0.25) is 4.79 Å². The number of carbonyl (C=O) groups excluding carboxylic acids is 1. The number of ether oxygens (including phenoxy) is 1. The highest BCUT2D eigenvalue weighted by atomic mass is 16.5. The van der Waals surface area contributed by atoms with E-state index < -0.39 is 5.60 Å². The lowest BCUT2D eigenvalue weighted by Gasteiger charge is -2.32. The summed E-state index contributed by atoms with van der Waals surface area (Å²) in [7, 11) is 1.69. The van der Waals surface area contributed by atoms with Gasteiger partial charge in [0.2, 0.25) is 0 Å². The summed E-state index contributed by atoms with van der Waals surface area (Å²) in [5.74, 6) is 7.26. The molecule has 0 radical (unpaired) electrons. The monoisotopic (exact) mass is 367 g/mol. The third-order valence-corrected chi connectivity index (χ3v) is 4.67. The van der Waals surface area contributed by atoms with E-state index in [-0.39, 0.29) is 11.7 Å². The largest absolute Gasteiger partial charge is 0.496 e. The van der Waals surface area contributed by atoms with E-state index in [9.17, 15) is 9.90 Å². The third-order valence-electron chi connectivity index (χ3n) is 4.67. The summed E-state index contributed by atoms with van der Waals surface area (Å²) in [6.07, 6.45) is 1.77. The average Bonchev–Trinajstić information content (AvgIpc) is 3.14. The second kappa shape index (κ2) is 7.89. The van der Waals surface area contributed by atoms with Crippen LogP contribution in [0.2, 0.25) is 0 Å². The molecule has 1 fully saturated rings. The van der Waals surface area contributed by atoms with Gasteiger partial charge in [-0.2, -0.15) is 0 Å². The van der Waals surface area contributed by atoms with Gasteiger partial charge >= 0.3 is 0 Å². The molecular weight excluding hydrogens is 342 g/mol. The highest BCUT2D eigenvalue weighted by Crippen LogP contribution is 2.34. The fourth-order valence-electron chi connectivity index (χ4n) is 3.29. The molecule has 0 atom stereocenters. The standard InChI is InChI=1S/C22H25NO4/c1-22(2,25)13-10-17-8-9-20(27-17)21(24)23-14-11-16(12-15-23)18-6-4-5-7-19(18)26-3/h4-9,16,25H,11-12,14-15H2,1-3H3.